The fourth-order valence-corrected chi connectivity index (χ4v) is 15.7. The van der Waals surface area contributed by atoms with E-state index >= 15 is 0 Å². The minimum Gasteiger partial charge on any atom is -0.450 e. The number of nitriles is 4. The van der Waals surface area contributed by atoms with Crippen LogP contribution in [-0.2, 0) is 25.7 Å². The molecular formula is C92H68N4O8. The molecule has 504 valence electrons. The van der Waals surface area contributed by atoms with E-state index in [1.165, 1.54) is 0 Å². The van der Waals surface area contributed by atoms with Gasteiger partial charge in [0, 0.05) is 115 Å². The summed E-state index contributed by atoms with van der Waals surface area (Å²) in [6.45, 7) is 0. The summed E-state index contributed by atoms with van der Waals surface area (Å²) >= 11 is 0. The van der Waals surface area contributed by atoms with Gasteiger partial charge in [-0.1, -0.05) is 170 Å². The zero-order valence-electron chi connectivity index (χ0n) is 56.7. The maximum Gasteiger partial charge on any atom is 0.267 e. The van der Waals surface area contributed by atoms with Crippen LogP contribution in [0.5, 0.6) is 46.0 Å². The van der Waals surface area contributed by atoms with Gasteiger partial charge in [0.15, 0.2) is 0 Å². The molecule has 104 heavy (non-hydrogen) atoms. The smallest absolute Gasteiger partial charge is 0.267 e. The van der Waals surface area contributed by atoms with E-state index in [9.17, 15) is 21.0 Å². The van der Waals surface area contributed by atoms with E-state index in [0.29, 0.717) is 142 Å². The van der Waals surface area contributed by atoms with Gasteiger partial charge in [-0.05, 0) is 146 Å². The van der Waals surface area contributed by atoms with Crippen LogP contribution in [0, 0.1) is 45.3 Å². The van der Waals surface area contributed by atoms with E-state index in [2.05, 4.69) is 146 Å². The summed E-state index contributed by atoms with van der Waals surface area (Å²) in [5, 5.41) is 42.2. The van der Waals surface area contributed by atoms with E-state index in [4.69, 9.17) is 37.9 Å². The number of hydrogen-bond donors (Lipinski definition) is 0. The molecule has 1 aliphatic carbocycles. The standard InChI is InChI=1S/C92H68N4O8/c93-53-61-25-13-29-65(41-61)89-97-81-49-83-75-45-73(81)69(37-33-57-17-5-1-6-18-57)74-46-76-71(39-35-59-21-9-3-10-22-59)78-48-80-72(40-36-60-23-11-4-12-24-60)79-47-77(70(75)38-34-58-19-7-2-8-20-58)85(101-90(99-83)66-30-14-26-62(42-66)54-94)51-87(79)103-92(68-32-16-28-64(44-68)56-96)104-88(80)52-86(78)102-91(100-84(76)50-82(74)98-89)67-31-15-27-63(43-67)55-95/h1-32,41-52,69-72,89-92H,33-40H2. The topological polar surface area (TPSA) is 169 Å². The minimum atomic E-state index is -1.14. The third-order valence-corrected chi connectivity index (χ3v) is 20.9. The summed E-state index contributed by atoms with van der Waals surface area (Å²) in [6, 6.07) is 98.2. The first kappa shape index (κ1) is 64.4. The van der Waals surface area contributed by atoms with Gasteiger partial charge in [-0.2, -0.15) is 21.0 Å². The van der Waals surface area contributed by atoms with Crippen LogP contribution in [0.1, 0.15) is 186 Å². The lowest BCUT2D eigenvalue weighted by Gasteiger charge is -2.38. The highest BCUT2D eigenvalue weighted by atomic mass is 16.7. The molecule has 4 aliphatic heterocycles. The van der Waals surface area contributed by atoms with Gasteiger partial charge in [0.2, 0.25) is 0 Å². The van der Waals surface area contributed by atoms with Crippen molar-refractivity contribution in [1.82, 2.24) is 0 Å². The van der Waals surface area contributed by atoms with E-state index in [1.807, 2.05) is 97.1 Å². The highest BCUT2D eigenvalue weighted by molar-refractivity contribution is 5.66. The third-order valence-electron chi connectivity index (χ3n) is 20.9. The van der Waals surface area contributed by atoms with Crippen LogP contribution in [0.25, 0.3) is 0 Å². The third kappa shape index (κ3) is 12.9. The van der Waals surface area contributed by atoms with Gasteiger partial charge in [-0.3, -0.25) is 0 Å². The molecule has 5 aliphatic rings. The molecule has 0 atom stereocenters. The van der Waals surface area contributed by atoms with E-state index < -0.39 is 48.8 Å². The van der Waals surface area contributed by atoms with E-state index in [-0.39, 0.29) is 0 Å². The van der Waals surface area contributed by atoms with Crippen LogP contribution in [0.15, 0.2) is 267 Å². The molecule has 17 rings (SSSR count). The highest BCUT2D eigenvalue weighted by Gasteiger charge is 2.42. The van der Waals surface area contributed by atoms with Crippen LogP contribution < -0.4 is 37.9 Å². The number of rotatable bonds is 16. The Labute approximate surface area is 604 Å². The highest BCUT2D eigenvalue weighted by Crippen LogP contribution is 2.58. The van der Waals surface area contributed by atoms with Crippen LogP contribution in [0.3, 0.4) is 0 Å². The molecule has 12 aromatic rings. The number of benzene rings is 12. The molecule has 0 saturated carbocycles. The summed E-state index contributed by atoms with van der Waals surface area (Å²) in [5.74, 6) is 2.29. The normalized spacial score (nSPS) is 18.9. The Morgan fingerprint density at radius 3 is 0.587 bits per heavy atom. The lowest BCUT2D eigenvalue weighted by Crippen LogP contribution is -2.26. The van der Waals surface area contributed by atoms with Gasteiger partial charge >= 0.3 is 0 Å². The first-order valence-corrected chi connectivity index (χ1v) is 35.5. The minimum absolute atomic E-state index is 0.424. The average Bonchev–Trinajstić information content (AvgIpc) is 0.731. The van der Waals surface area contributed by atoms with Crippen LogP contribution in [0.2, 0.25) is 0 Å². The summed E-state index contributed by atoms with van der Waals surface area (Å²) in [5.41, 5.74) is 15.8. The molecule has 12 nitrogen and oxygen atoms in total. The molecule has 12 heteroatoms. The molecule has 0 fully saturated rings. The molecular weight excluding hydrogens is 1290 g/mol. The van der Waals surface area contributed by atoms with Gasteiger partial charge in [-0.15, -0.1) is 0 Å². The zero-order chi connectivity index (χ0) is 70.0. The lowest BCUT2D eigenvalue weighted by molar-refractivity contribution is -0.0120. The fourth-order valence-electron chi connectivity index (χ4n) is 15.7. The molecule has 0 N–H and O–H groups in total. The Morgan fingerprint density at radius 2 is 0.404 bits per heavy atom. The van der Waals surface area contributed by atoms with Gasteiger partial charge in [-0.25, -0.2) is 0 Å². The molecule has 0 amide bonds. The molecule has 0 saturated heterocycles. The quantitative estimate of drug-likeness (QED) is 0.0899. The Hall–Kier alpha value is -13.0. The van der Waals surface area contributed by atoms with Crippen molar-refractivity contribution >= 4 is 0 Å². The number of nitrogens with zero attached hydrogens (tertiary/aromatic N) is 4. The summed E-state index contributed by atoms with van der Waals surface area (Å²) in [6.07, 6.45) is 0.471. The second kappa shape index (κ2) is 28.2. The lowest BCUT2D eigenvalue weighted by atomic mass is 9.75. The van der Waals surface area contributed by atoms with E-state index in [0.717, 1.165) is 66.8 Å². The Balaban J connectivity index is 1.02. The number of aryl methyl sites for hydroxylation is 4. The Bertz CT molecular complexity index is 4640. The van der Waals surface area contributed by atoms with E-state index in [1.54, 1.807) is 48.5 Å². The largest absolute Gasteiger partial charge is 0.450 e. The molecule has 4 heterocycles. The average molecular weight is 1360 g/mol. The predicted molar refractivity (Wildman–Crippen MR) is 393 cm³/mol. The second-order valence-electron chi connectivity index (χ2n) is 27.2. The van der Waals surface area contributed by atoms with Crippen molar-refractivity contribution in [3.63, 3.8) is 0 Å². The first-order valence-electron chi connectivity index (χ1n) is 35.5. The summed E-state index contributed by atoms with van der Waals surface area (Å²) < 4.78 is 60.4. The molecule has 0 unspecified atom stereocenters. The van der Waals surface area contributed by atoms with Crippen LogP contribution in [-0.4, -0.2) is 0 Å². The van der Waals surface area contributed by atoms with Gasteiger partial charge in [0.05, 0.1) is 46.5 Å². The van der Waals surface area contributed by atoms with Crippen molar-refractivity contribution in [3.05, 3.63) is 378 Å². The van der Waals surface area contributed by atoms with Gasteiger partial charge < -0.3 is 37.9 Å². The SMILES string of the molecule is N#Cc1cccc(C2Oc3cc4c5cc3C(CCc3ccccc3)c3cc6c(cc3O2)OC(c2cccc(C#N)c2)Oc2cc3c(cc2C6CCc2ccccc2)C(CCc2ccccc2)c2cc(c(cc2OC(c2cccc(C#N)c2)O3)OC(c2cccc(C#N)c2)O4)C5CCc2ccccc2)c1. The maximum absolute atomic E-state index is 10.5. The molecule has 0 radical (unpaired) electrons. The maximum atomic E-state index is 10.5. The first-order chi connectivity index (χ1) is 51.3. The van der Waals surface area contributed by atoms with Gasteiger partial charge in [0.25, 0.3) is 25.2 Å². The number of ether oxygens (including phenoxy) is 8. The second-order valence-corrected chi connectivity index (χ2v) is 27.2. The summed E-state index contributed by atoms with van der Waals surface area (Å²) in [7, 11) is 0. The molecule has 8 bridgehead atoms. The van der Waals surface area contributed by atoms with Crippen molar-refractivity contribution in [1.29, 1.82) is 21.0 Å². The van der Waals surface area contributed by atoms with Crippen molar-refractivity contribution in [2.24, 2.45) is 0 Å². The van der Waals surface area contributed by atoms with Crippen molar-refractivity contribution in [2.45, 2.75) is 100 Å². The fraction of sp³-hybridized carbons (Fsp3) is 0.174. The molecule has 12 aromatic carbocycles. The van der Waals surface area contributed by atoms with Crippen LogP contribution >= 0.6 is 0 Å². The zero-order valence-corrected chi connectivity index (χ0v) is 56.7. The molecule has 0 spiro atoms. The van der Waals surface area contributed by atoms with Crippen LogP contribution in [0.4, 0.5) is 0 Å². The molecule has 0 aromatic heterocycles. The van der Waals surface area contributed by atoms with Crippen molar-refractivity contribution < 1.29 is 37.9 Å². The number of hydrogen-bond acceptors (Lipinski definition) is 12. The monoisotopic (exact) mass is 1360 g/mol. The van der Waals surface area contributed by atoms with Gasteiger partial charge in [0.1, 0.15) is 46.0 Å². The Kier molecular flexibility index (Phi) is 17.5. The predicted octanol–water partition coefficient (Wildman–Crippen LogP) is 20.4. The summed E-state index contributed by atoms with van der Waals surface area (Å²) in [4.78, 5) is 0. The van der Waals surface area contributed by atoms with Crippen molar-refractivity contribution in [3.8, 4) is 70.3 Å². The van der Waals surface area contributed by atoms with Crippen molar-refractivity contribution in [2.75, 3.05) is 0 Å². The Morgan fingerprint density at radius 1 is 0.212 bits per heavy atom.